The number of hydrogen-bond donors (Lipinski definition) is 1. The fourth-order valence-electron chi connectivity index (χ4n) is 2.96. The maximum Gasteiger partial charge on any atom is 0.228 e. The van der Waals surface area contributed by atoms with Crippen LogP contribution in [0.4, 0.5) is 5.69 Å². The minimum atomic E-state index is 0.0210. The highest BCUT2D eigenvalue weighted by Crippen LogP contribution is 2.19. The second-order valence-corrected chi connectivity index (χ2v) is 6.16. The predicted molar refractivity (Wildman–Crippen MR) is 101 cm³/mol. The molecule has 0 saturated heterocycles. The molecule has 2 nitrogen and oxygen atoms in total. The number of amides is 1. The smallest absolute Gasteiger partial charge is 0.228 e. The molecule has 0 spiro atoms. The molecule has 1 N–H and O–H groups in total. The van der Waals surface area contributed by atoms with Crippen molar-refractivity contribution in [2.24, 2.45) is 0 Å². The van der Waals surface area contributed by atoms with Gasteiger partial charge in [-0.1, -0.05) is 67.9 Å². The Balaban J connectivity index is 1.67. The Labute approximate surface area is 143 Å². The molecule has 0 aromatic heterocycles. The molecule has 0 heterocycles. The molecule has 122 valence electrons. The second-order valence-electron chi connectivity index (χ2n) is 6.16. The maximum absolute atomic E-state index is 12.4. The Hall–Kier alpha value is -2.61. The third-order valence-electron chi connectivity index (χ3n) is 4.29. The van der Waals surface area contributed by atoms with Gasteiger partial charge in [-0.2, -0.15) is 0 Å². The molecule has 3 aromatic carbocycles. The average molecular weight is 317 g/mol. The molecule has 24 heavy (non-hydrogen) atoms. The Morgan fingerprint density at radius 3 is 2.46 bits per heavy atom. The summed E-state index contributed by atoms with van der Waals surface area (Å²) in [5.41, 5.74) is 3.24. The van der Waals surface area contributed by atoms with E-state index in [1.54, 1.807) is 0 Å². The Morgan fingerprint density at radius 1 is 0.917 bits per heavy atom. The summed E-state index contributed by atoms with van der Waals surface area (Å²) in [7, 11) is 0. The first kappa shape index (κ1) is 16.3. The Kier molecular flexibility index (Phi) is 5.27. The van der Waals surface area contributed by atoms with Crippen molar-refractivity contribution in [3.05, 3.63) is 77.9 Å². The van der Waals surface area contributed by atoms with E-state index >= 15 is 0 Å². The standard InChI is InChI=1S/C22H23NO/c1-2-3-7-17-12-14-20(15-13-17)23-22(24)16-19-10-6-9-18-8-4-5-11-21(18)19/h4-6,8-15H,2-3,7,16H2,1H3,(H,23,24). The normalized spacial score (nSPS) is 10.7. The number of carbonyl (C=O) groups is 1. The summed E-state index contributed by atoms with van der Waals surface area (Å²) in [5.74, 6) is 0.0210. The number of unbranched alkanes of at least 4 members (excludes halogenated alkanes) is 1. The number of rotatable bonds is 6. The van der Waals surface area contributed by atoms with Crippen LogP contribution in [0.15, 0.2) is 66.7 Å². The third-order valence-corrected chi connectivity index (χ3v) is 4.29. The predicted octanol–water partition coefficient (Wildman–Crippen LogP) is 5.36. The zero-order chi connectivity index (χ0) is 16.8. The van der Waals surface area contributed by atoms with Gasteiger partial charge >= 0.3 is 0 Å². The highest BCUT2D eigenvalue weighted by atomic mass is 16.1. The van der Waals surface area contributed by atoms with Crippen LogP contribution in [0.2, 0.25) is 0 Å². The van der Waals surface area contributed by atoms with Crippen LogP contribution in [0.3, 0.4) is 0 Å². The van der Waals surface area contributed by atoms with E-state index in [4.69, 9.17) is 0 Å². The van der Waals surface area contributed by atoms with Crippen LogP contribution in [-0.2, 0) is 17.6 Å². The van der Waals surface area contributed by atoms with Crippen LogP contribution >= 0.6 is 0 Å². The Morgan fingerprint density at radius 2 is 1.67 bits per heavy atom. The van der Waals surface area contributed by atoms with Gasteiger partial charge in [0.1, 0.15) is 0 Å². The molecule has 1 amide bonds. The van der Waals surface area contributed by atoms with Crippen LogP contribution < -0.4 is 5.32 Å². The summed E-state index contributed by atoms with van der Waals surface area (Å²) in [5, 5.41) is 5.31. The zero-order valence-electron chi connectivity index (χ0n) is 14.1. The summed E-state index contributed by atoms with van der Waals surface area (Å²) in [6.07, 6.45) is 3.88. The minimum Gasteiger partial charge on any atom is -0.326 e. The molecule has 0 radical (unpaired) electrons. The van der Waals surface area contributed by atoms with E-state index in [9.17, 15) is 4.79 Å². The summed E-state index contributed by atoms with van der Waals surface area (Å²) in [6, 6.07) is 22.5. The van der Waals surface area contributed by atoms with E-state index < -0.39 is 0 Å². The molecule has 0 atom stereocenters. The SMILES string of the molecule is CCCCc1ccc(NC(=O)Cc2cccc3ccccc23)cc1. The van der Waals surface area contributed by atoms with Crippen molar-refractivity contribution < 1.29 is 4.79 Å². The lowest BCUT2D eigenvalue weighted by Crippen LogP contribution is -2.14. The van der Waals surface area contributed by atoms with Crippen LogP contribution in [0.1, 0.15) is 30.9 Å². The maximum atomic E-state index is 12.4. The molecular formula is C22H23NO. The molecule has 0 aliphatic rings. The van der Waals surface area contributed by atoms with Gasteiger partial charge in [-0.25, -0.2) is 0 Å². The fraction of sp³-hybridized carbons (Fsp3) is 0.227. The quantitative estimate of drug-likeness (QED) is 0.651. The molecular weight excluding hydrogens is 294 g/mol. The first-order valence-corrected chi connectivity index (χ1v) is 8.61. The molecule has 3 rings (SSSR count). The first-order chi connectivity index (χ1) is 11.8. The molecule has 0 bridgehead atoms. The van der Waals surface area contributed by atoms with Crippen molar-refractivity contribution in [2.75, 3.05) is 5.32 Å². The second kappa shape index (κ2) is 7.78. The van der Waals surface area contributed by atoms with Crippen molar-refractivity contribution >= 4 is 22.4 Å². The number of hydrogen-bond acceptors (Lipinski definition) is 1. The first-order valence-electron chi connectivity index (χ1n) is 8.61. The van der Waals surface area contributed by atoms with E-state index in [0.717, 1.165) is 23.1 Å². The van der Waals surface area contributed by atoms with Gasteiger partial charge in [0.2, 0.25) is 5.91 Å². The number of fused-ring (bicyclic) bond motifs is 1. The largest absolute Gasteiger partial charge is 0.326 e. The lowest BCUT2D eigenvalue weighted by Gasteiger charge is -2.09. The molecule has 2 heteroatoms. The van der Waals surface area contributed by atoms with Crippen LogP contribution in [-0.4, -0.2) is 5.91 Å². The fourth-order valence-corrected chi connectivity index (χ4v) is 2.96. The van der Waals surface area contributed by atoms with Crippen molar-refractivity contribution in [3.63, 3.8) is 0 Å². The number of nitrogens with one attached hydrogen (secondary N) is 1. The zero-order valence-corrected chi connectivity index (χ0v) is 14.1. The topological polar surface area (TPSA) is 29.1 Å². The van der Waals surface area contributed by atoms with Gasteiger partial charge in [0.15, 0.2) is 0 Å². The van der Waals surface area contributed by atoms with E-state index in [1.807, 2.05) is 36.4 Å². The highest BCUT2D eigenvalue weighted by molar-refractivity contribution is 5.96. The van der Waals surface area contributed by atoms with Gasteiger partial charge in [0, 0.05) is 5.69 Å². The van der Waals surface area contributed by atoms with Crippen molar-refractivity contribution in [1.82, 2.24) is 0 Å². The van der Waals surface area contributed by atoms with Crippen molar-refractivity contribution in [3.8, 4) is 0 Å². The number of anilines is 1. The molecule has 0 saturated carbocycles. The monoisotopic (exact) mass is 317 g/mol. The van der Waals surface area contributed by atoms with Crippen molar-refractivity contribution in [2.45, 2.75) is 32.6 Å². The van der Waals surface area contributed by atoms with Crippen LogP contribution in [0.25, 0.3) is 10.8 Å². The summed E-state index contributed by atoms with van der Waals surface area (Å²) < 4.78 is 0. The molecule has 0 unspecified atom stereocenters. The highest BCUT2D eigenvalue weighted by Gasteiger charge is 2.07. The molecule has 0 aliphatic carbocycles. The average Bonchev–Trinajstić information content (AvgIpc) is 2.61. The number of carbonyl (C=O) groups excluding carboxylic acids is 1. The van der Waals surface area contributed by atoms with E-state index in [0.29, 0.717) is 6.42 Å². The van der Waals surface area contributed by atoms with Gasteiger partial charge < -0.3 is 5.32 Å². The number of aryl methyl sites for hydroxylation is 1. The summed E-state index contributed by atoms with van der Waals surface area (Å²) in [4.78, 5) is 12.4. The Bertz CT molecular complexity index is 816. The van der Waals surface area contributed by atoms with Crippen LogP contribution in [0, 0.1) is 0 Å². The van der Waals surface area contributed by atoms with Gasteiger partial charge in [0.05, 0.1) is 6.42 Å². The molecule has 0 aliphatic heterocycles. The van der Waals surface area contributed by atoms with Gasteiger partial charge in [-0.05, 0) is 46.9 Å². The summed E-state index contributed by atoms with van der Waals surface area (Å²) >= 11 is 0. The van der Waals surface area contributed by atoms with Gasteiger partial charge in [-0.3, -0.25) is 4.79 Å². The summed E-state index contributed by atoms with van der Waals surface area (Å²) in [6.45, 7) is 2.20. The van der Waals surface area contributed by atoms with E-state index in [-0.39, 0.29) is 5.91 Å². The van der Waals surface area contributed by atoms with Crippen molar-refractivity contribution in [1.29, 1.82) is 0 Å². The lowest BCUT2D eigenvalue weighted by molar-refractivity contribution is -0.115. The lowest BCUT2D eigenvalue weighted by atomic mass is 10.0. The third kappa shape index (κ3) is 4.02. The van der Waals surface area contributed by atoms with E-state index in [1.165, 1.54) is 23.8 Å². The number of benzene rings is 3. The van der Waals surface area contributed by atoms with Gasteiger partial charge in [-0.15, -0.1) is 0 Å². The minimum absolute atomic E-state index is 0.0210. The van der Waals surface area contributed by atoms with Gasteiger partial charge in [0.25, 0.3) is 0 Å². The van der Waals surface area contributed by atoms with Crippen LogP contribution in [0.5, 0.6) is 0 Å². The molecule has 3 aromatic rings. The van der Waals surface area contributed by atoms with E-state index in [2.05, 4.69) is 42.6 Å². The molecule has 0 fully saturated rings.